The van der Waals surface area contributed by atoms with E-state index in [1.807, 2.05) is 18.2 Å². The topological polar surface area (TPSA) is 42.1 Å². The molecule has 1 aromatic heterocycles. The van der Waals surface area contributed by atoms with E-state index in [1.54, 1.807) is 0 Å². The van der Waals surface area contributed by atoms with E-state index in [9.17, 15) is 0 Å². The van der Waals surface area contributed by atoms with Crippen LogP contribution in [0.15, 0.2) is 30.3 Å². The monoisotopic (exact) mass is 239 g/mol. The number of nitrogens with zero attached hydrogens (tertiary/aromatic N) is 2. The molecule has 1 saturated carbocycles. The number of benzene rings is 1. The zero-order valence-corrected chi connectivity index (χ0v) is 10.3. The lowest BCUT2D eigenvalue weighted by Gasteiger charge is -2.28. The smallest absolute Gasteiger partial charge is 0.129 e. The van der Waals surface area contributed by atoms with Gasteiger partial charge in [-0.1, -0.05) is 0 Å². The molecule has 92 valence electrons. The number of hydrogen-bond donors (Lipinski definition) is 1. The number of hydrogen-bond acceptors (Lipinski definition) is 3. The molecule has 3 heteroatoms. The number of nitrogen functional groups attached to an aromatic ring is 1. The molecule has 0 amide bonds. The fourth-order valence-corrected chi connectivity index (χ4v) is 3.50. The van der Waals surface area contributed by atoms with E-state index in [2.05, 4.69) is 17.0 Å². The van der Waals surface area contributed by atoms with Gasteiger partial charge >= 0.3 is 0 Å². The van der Waals surface area contributed by atoms with E-state index in [0.717, 1.165) is 34.4 Å². The van der Waals surface area contributed by atoms with Gasteiger partial charge in [-0.15, -0.1) is 0 Å². The number of anilines is 2. The van der Waals surface area contributed by atoms with Crippen LogP contribution in [0, 0.1) is 5.92 Å². The Morgan fingerprint density at radius 1 is 1.17 bits per heavy atom. The fourth-order valence-electron chi connectivity index (χ4n) is 3.50. The maximum atomic E-state index is 5.80. The van der Waals surface area contributed by atoms with Crippen LogP contribution in [0.25, 0.3) is 10.9 Å². The molecule has 2 bridgehead atoms. The third-order valence-corrected chi connectivity index (χ3v) is 4.40. The minimum absolute atomic E-state index is 0.730. The normalized spacial score (nSPS) is 26.1. The number of rotatable bonds is 1. The molecule has 1 aliphatic heterocycles. The number of aromatic nitrogens is 1. The standard InChI is InChI=1S/C15H17N3/c16-12-3-5-14-11(8-12)2-6-15(17-14)18-9-10-1-4-13(18)7-10/h2-3,5-6,8,10,13H,1,4,7,9,16H2. The van der Waals surface area contributed by atoms with Gasteiger partial charge in [0.1, 0.15) is 5.82 Å². The minimum atomic E-state index is 0.730. The Bertz CT molecular complexity index is 608. The first-order chi connectivity index (χ1) is 8.79. The summed E-state index contributed by atoms with van der Waals surface area (Å²) in [6.45, 7) is 1.19. The largest absolute Gasteiger partial charge is 0.399 e. The van der Waals surface area contributed by atoms with Crippen LogP contribution in [-0.2, 0) is 0 Å². The van der Waals surface area contributed by atoms with E-state index < -0.39 is 0 Å². The summed E-state index contributed by atoms with van der Waals surface area (Å²) in [4.78, 5) is 7.28. The quantitative estimate of drug-likeness (QED) is 0.778. The van der Waals surface area contributed by atoms with Crippen molar-refractivity contribution in [1.82, 2.24) is 4.98 Å². The highest BCUT2D eigenvalue weighted by Crippen LogP contribution is 2.39. The molecule has 4 rings (SSSR count). The van der Waals surface area contributed by atoms with Crippen molar-refractivity contribution in [1.29, 1.82) is 0 Å². The van der Waals surface area contributed by atoms with Gasteiger partial charge in [-0.05, 0) is 55.5 Å². The average Bonchev–Trinajstić information content (AvgIpc) is 3.00. The maximum absolute atomic E-state index is 5.80. The van der Waals surface area contributed by atoms with Crippen molar-refractivity contribution in [2.75, 3.05) is 17.2 Å². The molecule has 1 aromatic carbocycles. The van der Waals surface area contributed by atoms with Crippen molar-refractivity contribution < 1.29 is 0 Å². The van der Waals surface area contributed by atoms with Gasteiger partial charge in [0.2, 0.25) is 0 Å². The number of nitrogens with two attached hydrogens (primary N) is 1. The molecule has 2 aromatic rings. The van der Waals surface area contributed by atoms with Gasteiger partial charge in [-0.2, -0.15) is 0 Å². The Morgan fingerprint density at radius 3 is 2.89 bits per heavy atom. The molecule has 18 heavy (non-hydrogen) atoms. The summed E-state index contributed by atoms with van der Waals surface area (Å²) in [7, 11) is 0. The summed E-state index contributed by atoms with van der Waals surface area (Å²) in [5.74, 6) is 2.04. The molecule has 2 unspecified atom stereocenters. The van der Waals surface area contributed by atoms with Crippen LogP contribution in [-0.4, -0.2) is 17.6 Å². The van der Waals surface area contributed by atoms with Gasteiger partial charge < -0.3 is 10.6 Å². The second-order valence-corrected chi connectivity index (χ2v) is 5.61. The summed E-state index contributed by atoms with van der Waals surface area (Å²) in [6, 6.07) is 10.9. The lowest BCUT2D eigenvalue weighted by atomic mass is 10.1. The van der Waals surface area contributed by atoms with Crippen molar-refractivity contribution in [3.8, 4) is 0 Å². The van der Waals surface area contributed by atoms with Crippen molar-refractivity contribution in [2.45, 2.75) is 25.3 Å². The Kier molecular flexibility index (Phi) is 2.04. The molecule has 3 nitrogen and oxygen atoms in total. The van der Waals surface area contributed by atoms with Crippen LogP contribution in [0.5, 0.6) is 0 Å². The zero-order valence-electron chi connectivity index (χ0n) is 10.3. The summed E-state index contributed by atoms with van der Waals surface area (Å²) < 4.78 is 0. The van der Waals surface area contributed by atoms with E-state index >= 15 is 0 Å². The van der Waals surface area contributed by atoms with Crippen LogP contribution < -0.4 is 10.6 Å². The van der Waals surface area contributed by atoms with Gasteiger partial charge in [-0.3, -0.25) is 0 Å². The Morgan fingerprint density at radius 2 is 2.11 bits per heavy atom. The Hall–Kier alpha value is -1.77. The Balaban J connectivity index is 1.75. The molecule has 0 radical (unpaired) electrons. The third kappa shape index (κ3) is 1.47. The molecule has 2 atom stereocenters. The van der Waals surface area contributed by atoms with Gasteiger partial charge in [0.05, 0.1) is 5.52 Å². The van der Waals surface area contributed by atoms with E-state index in [-0.39, 0.29) is 0 Å². The van der Waals surface area contributed by atoms with Gasteiger partial charge in [0.15, 0.2) is 0 Å². The zero-order chi connectivity index (χ0) is 12.1. The van der Waals surface area contributed by atoms with Crippen LogP contribution in [0.3, 0.4) is 0 Å². The summed E-state index contributed by atoms with van der Waals surface area (Å²) >= 11 is 0. The number of pyridine rings is 1. The molecular formula is C15H17N3. The fraction of sp³-hybridized carbons (Fsp3) is 0.400. The van der Waals surface area contributed by atoms with Crippen LogP contribution in [0.4, 0.5) is 11.5 Å². The molecule has 2 heterocycles. The highest BCUT2D eigenvalue weighted by Gasteiger charge is 2.38. The van der Waals surface area contributed by atoms with Gasteiger partial charge in [-0.25, -0.2) is 4.98 Å². The SMILES string of the molecule is Nc1ccc2nc(N3CC4CCC3C4)ccc2c1. The third-order valence-electron chi connectivity index (χ3n) is 4.40. The second kappa shape index (κ2) is 3.61. The molecule has 2 aliphatic rings. The first kappa shape index (κ1) is 10.2. The lowest BCUT2D eigenvalue weighted by molar-refractivity contribution is 0.551. The minimum Gasteiger partial charge on any atom is -0.399 e. The lowest BCUT2D eigenvalue weighted by Crippen LogP contribution is -2.32. The molecule has 1 aliphatic carbocycles. The molecule has 2 fully saturated rings. The predicted molar refractivity (Wildman–Crippen MR) is 74.6 cm³/mol. The molecular weight excluding hydrogens is 222 g/mol. The number of fused-ring (bicyclic) bond motifs is 3. The van der Waals surface area contributed by atoms with E-state index in [0.29, 0.717) is 0 Å². The average molecular weight is 239 g/mol. The van der Waals surface area contributed by atoms with Crippen molar-refractivity contribution in [3.05, 3.63) is 30.3 Å². The van der Waals surface area contributed by atoms with Crippen molar-refractivity contribution >= 4 is 22.4 Å². The van der Waals surface area contributed by atoms with Crippen molar-refractivity contribution in [3.63, 3.8) is 0 Å². The molecule has 2 N–H and O–H groups in total. The first-order valence-electron chi connectivity index (χ1n) is 6.72. The van der Waals surface area contributed by atoms with E-state index in [1.165, 1.54) is 25.8 Å². The molecule has 0 spiro atoms. The first-order valence-corrected chi connectivity index (χ1v) is 6.72. The molecule has 1 saturated heterocycles. The van der Waals surface area contributed by atoms with Gasteiger partial charge in [0, 0.05) is 23.7 Å². The van der Waals surface area contributed by atoms with Crippen LogP contribution in [0.2, 0.25) is 0 Å². The summed E-state index contributed by atoms with van der Waals surface area (Å²) in [5, 5.41) is 1.13. The van der Waals surface area contributed by atoms with E-state index in [4.69, 9.17) is 10.7 Å². The summed E-state index contributed by atoms with van der Waals surface area (Å²) in [6.07, 6.45) is 4.11. The second-order valence-electron chi connectivity index (χ2n) is 5.61. The summed E-state index contributed by atoms with van der Waals surface area (Å²) in [5.41, 5.74) is 7.64. The van der Waals surface area contributed by atoms with Gasteiger partial charge in [0.25, 0.3) is 0 Å². The van der Waals surface area contributed by atoms with Crippen molar-refractivity contribution in [2.24, 2.45) is 5.92 Å². The highest BCUT2D eigenvalue weighted by atomic mass is 15.2. The maximum Gasteiger partial charge on any atom is 0.129 e. The Labute approximate surface area is 107 Å². The van der Waals surface area contributed by atoms with Crippen LogP contribution in [0.1, 0.15) is 19.3 Å². The highest BCUT2D eigenvalue weighted by molar-refractivity contribution is 5.83. The predicted octanol–water partition coefficient (Wildman–Crippen LogP) is 2.81. The van der Waals surface area contributed by atoms with Crippen LogP contribution >= 0.6 is 0 Å². The number of piperidine rings is 1.